The third-order valence-electron chi connectivity index (χ3n) is 3.94. The molecule has 144 valence electrons. The first-order valence-corrected chi connectivity index (χ1v) is 11.1. The van der Waals surface area contributed by atoms with Crippen LogP contribution in [0.1, 0.15) is 32.2 Å². The maximum absolute atomic E-state index is 12.1. The quantitative estimate of drug-likeness (QED) is 0.747. The zero-order chi connectivity index (χ0) is 19.5. The molecule has 0 atom stereocenters. The Bertz CT molecular complexity index is 965. The van der Waals surface area contributed by atoms with Crippen molar-refractivity contribution >= 4 is 20.0 Å². The summed E-state index contributed by atoms with van der Waals surface area (Å²) in [7, 11) is -7.28. The minimum atomic E-state index is -4.00. The molecule has 0 spiro atoms. The molecule has 1 aliphatic heterocycles. The minimum Gasteiger partial charge on any atom is -0.318 e. The molecule has 0 saturated heterocycles. The number of sulfone groups is 1. The third kappa shape index (κ3) is 4.32. The van der Waals surface area contributed by atoms with Gasteiger partial charge in [-0.3, -0.25) is 4.55 Å². The van der Waals surface area contributed by atoms with Crippen molar-refractivity contribution in [1.82, 2.24) is 14.9 Å². The highest BCUT2D eigenvalue weighted by molar-refractivity contribution is 7.91. The smallest absolute Gasteiger partial charge is 0.294 e. The molecule has 0 fully saturated rings. The van der Waals surface area contributed by atoms with Gasteiger partial charge in [-0.1, -0.05) is 18.2 Å². The molecule has 10 heteroatoms. The molecule has 26 heavy (non-hydrogen) atoms. The molecule has 1 aromatic carbocycles. The topological polar surface area (TPSA) is 118 Å². The highest BCUT2D eigenvalue weighted by Crippen LogP contribution is 2.23. The predicted octanol–water partition coefficient (Wildman–Crippen LogP) is 1.62. The van der Waals surface area contributed by atoms with E-state index in [9.17, 15) is 16.8 Å². The van der Waals surface area contributed by atoms with Crippen molar-refractivity contribution in [2.24, 2.45) is 0 Å². The molecule has 3 rings (SSSR count). The SMILES string of the molecule is CCn1c(S(=O)(=O)C(C)C)nc2c1CNC2.O=S(=O)(O)c1ccccc1. The van der Waals surface area contributed by atoms with Crippen LogP contribution in [0.15, 0.2) is 40.4 Å². The van der Waals surface area contributed by atoms with Gasteiger partial charge in [0.15, 0.2) is 0 Å². The first-order chi connectivity index (χ1) is 12.1. The number of nitrogens with one attached hydrogen (secondary N) is 1. The molecule has 0 radical (unpaired) electrons. The van der Waals surface area contributed by atoms with Gasteiger partial charge in [0, 0.05) is 19.6 Å². The number of benzene rings is 1. The maximum atomic E-state index is 12.1. The van der Waals surface area contributed by atoms with Crippen LogP contribution in [-0.4, -0.2) is 36.2 Å². The lowest BCUT2D eigenvalue weighted by Crippen LogP contribution is -2.21. The fourth-order valence-corrected chi connectivity index (χ4v) is 4.20. The third-order valence-corrected chi connectivity index (χ3v) is 6.87. The molecule has 0 bridgehead atoms. The van der Waals surface area contributed by atoms with Crippen LogP contribution < -0.4 is 5.32 Å². The van der Waals surface area contributed by atoms with E-state index < -0.39 is 25.2 Å². The molecular weight excluding hydrogens is 378 g/mol. The highest BCUT2D eigenvalue weighted by Gasteiger charge is 2.30. The molecule has 1 aliphatic rings. The number of rotatable bonds is 4. The molecule has 2 N–H and O–H groups in total. The van der Waals surface area contributed by atoms with Gasteiger partial charge in [-0.15, -0.1) is 0 Å². The van der Waals surface area contributed by atoms with Crippen LogP contribution in [0, 0.1) is 0 Å². The molecule has 1 aromatic heterocycles. The summed E-state index contributed by atoms with van der Waals surface area (Å²) in [6.07, 6.45) is 0. The van der Waals surface area contributed by atoms with Gasteiger partial charge in [0.05, 0.1) is 21.5 Å². The van der Waals surface area contributed by atoms with Gasteiger partial charge in [-0.2, -0.15) is 8.42 Å². The van der Waals surface area contributed by atoms with Crippen LogP contribution in [0.3, 0.4) is 0 Å². The number of hydrogen-bond donors (Lipinski definition) is 2. The van der Waals surface area contributed by atoms with Crippen LogP contribution in [0.5, 0.6) is 0 Å². The fourth-order valence-electron chi connectivity index (χ4n) is 2.50. The average Bonchev–Trinajstić information content (AvgIpc) is 3.16. The van der Waals surface area contributed by atoms with Crippen molar-refractivity contribution in [3.05, 3.63) is 41.7 Å². The van der Waals surface area contributed by atoms with Crippen molar-refractivity contribution in [1.29, 1.82) is 0 Å². The molecule has 0 unspecified atom stereocenters. The summed E-state index contributed by atoms with van der Waals surface area (Å²) >= 11 is 0. The zero-order valence-electron chi connectivity index (χ0n) is 14.9. The van der Waals surface area contributed by atoms with Crippen molar-refractivity contribution in [3.8, 4) is 0 Å². The van der Waals surface area contributed by atoms with E-state index in [4.69, 9.17) is 4.55 Å². The van der Waals surface area contributed by atoms with Crippen molar-refractivity contribution in [3.63, 3.8) is 0 Å². The van der Waals surface area contributed by atoms with Gasteiger partial charge in [0.2, 0.25) is 15.0 Å². The summed E-state index contributed by atoms with van der Waals surface area (Å²) in [5, 5.41) is 2.98. The summed E-state index contributed by atoms with van der Waals surface area (Å²) in [5.74, 6) is 0. The van der Waals surface area contributed by atoms with E-state index in [1.807, 2.05) is 11.5 Å². The Balaban J connectivity index is 0.000000209. The van der Waals surface area contributed by atoms with Crippen molar-refractivity contribution in [2.45, 2.75) is 55.7 Å². The van der Waals surface area contributed by atoms with Gasteiger partial charge in [-0.25, -0.2) is 13.4 Å². The van der Waals surface area contributed by atoms with E-state index in [1.165, 1.54) is 12.1 Å². The molecule has 2 aromatic rings. The Morgan fingerprint density at radius 3 is 2.23 bits per heavy atom. The van der Waals surface area contributed by atoms with Crippen LogP contribution in [0.25, 0.3) is 0 Å². The first kappa shape index (κ1) is 20.6. The van der Waals surface area contributed by atoms with Crippen LogP contribution >= 0.6 is 0 Å². The molecule has 8 nitrogen and oxygen atoms in total. The Morgan fingerprint density at radius 2 is 1.77 bits per heavy atom. The summed E-state index contributed by atoms with van der Waals surface area (Å²) in [6.45, 7) is 7.35. The lowest BCUT2D eigenvalue weighted by molar-refractivity contribution is 0.483. The largest absolute Gasteiger partial charge is 0.318 e. The summed E-state index contributed by atoms with van der Waals surface area (Å²) < 4.78 is 55.3. The standard InChI is InChI=1S/C10H17N3O2S.C6H6O3S/c1-4-13-9-6-11-5-8(9)12-10(13)16(14,15)7(2)3;7-10(8,9)6-4-2-1-3-5-6/h7,11H,4-6H2,1-3H3;1-5H,(H,7,8,9). The lowest BCUT2D eigenvalue weighted by Gasteiger charge is -2.10. The molecule has 0 saturated carbocycles. The van der Waals surface area contributed by atoms with Crippen molar-refractivity contribution in [2.75, 3.05) is 0 Å². The van der Waals surface area contributed by atoms with Crippen molar-refractivity contribution < 1.29 is 21.4 Å². The monoisotopic (exact) mass is 401 g/mol. The molecule has 2 heterocycles. The summed E-state index contributed by atoms with van der Waals surface area (Å²) in [4.78, 5) is 4.19. The van der Waals surface area contributed by atoms with Gasteiger partial charge < -0.3 is 9.88 Å². The van der Waals surface area contributed by atoms with E-state index in [1.54, 1.807) is 32.0 Å². The second-order valence-electron chi connectivity index (χ2n) is 6.02. The zero-order valence-corrected chi connectivity index (χ0v) is 16.5. The molecule has 0 amide bonds. The second-order valence-corrected chi connectivity index (χ2v) is 9.84. The minimum absolute atomic E-state index is 0.0741. The van der Waals surface area contributed by atoms with Crippen LogP contribution in [0.4, 0.5) is 0 Å². The van der Waals surface area contributed by atoms with E-state index in [-0.39, 0.29) is 10.1 Å². The number of nitrogens with zero attached hydrogens (tertiary/aromatic N) is 2. The molecular formula is C16H23N3O5S2. The normalized spacial score (nSPS) is 14.0. The average molecular weight is 402 g/mol. The van der Waals surface area contributed by atoms with Gasteiger partial charge in [0.25, 0.3) is 10.1 Å². The Morgan fingerprint density at radius 1 is 1.15 bits per heavy atom. The Kier molecular flexibility index (Phi) is 6.22. The highest BCUT2D eigenvalue weighted by atomic mass is 32.2. The first-order valence-electron chi connectivity index (χ1n) is 8.14. The number of hydrogen-bond acceptors (Lipinski definition) is 6. The van der Waals surface area contributed by atoms with Crippen LogP contribution in [0.2, 0.25) is 0 Å². The van der Waals surface area contributed by atoms with E-state index in [2.05, 4.69) is 10.3 Å². The maximum Gasteiger partial charge on any atom is 0.294 e. The Labute approximate surface area is 153 Å². The van der Waals surface area contributed by atoms with Gasteiger partial charge in [0.1, 0.15) is 0 Å². The van der Waals surface area contributed by atoms with E-state index in [0.717, 1.165) is 11.4 Å². The van der Waals surface area contributed by atoms with E-state index in [0.29, 0.717) is 19.6 Å². The van der Waals surface area contributed by atoms with Gasteiger partial charge >= 0.3 is 0 Å². The molecule has 0 aliphatic carbocycles. The lowest BCUT2D eigenvalue weighted by atomic mass is 10.4. The fraction of sp³-hybridized carbons (Fsp3) is 0.438. The van der Waals surface area contributed by atoms with Crippen LogP contribution in [-0.2, 0) is 39.6 Å². The summed E-state index contributed by atoms with van der Waals surface area (Å²) in [6, 6.07) is 7.42. The predicted molar refractivity (Wildman–Crippen MR) is 97.0 cm³/mol. The van der Waals surface area contributed by atoms with Gasteiger partial charge in [-0.05, 0) is 32.9 Å². The number of fused-ring (bicyclic) bond motifs is 1. The number of imidazole rings is 1. The Hall–Kier alpha value is -1.75. The van der Waals surface area contributed by atoms with E-state index >= 15 is 0 Å². The number of aromatic nitrogens is 2. The summed E-state index contributed by atoms with van der Waals surface area (Å²) in [5.41, 5.74) is 1.89. The second kappa shape index (κ2) is 7.87.